The molecule has 31 heavy (non-hydrogen) atoms. The average Bonchev–Trinajstić information content (AvgIpc) is 3.31. The fourth-order valence-electron chi connectivity index (χ4n) is 5.22. The van der Waals surface area contributed by atoms with Crippen LogP contribution in [0.3, 0.4) is 0 Å². The molecule has 7 nitrogen and oxygen atoms in total. The summed E-state index contributed by atoms with van der Waals surface area (Å²) in [5.41, 5.74) is 3.03. The minimum Gasteiger partial charge on any atom is -0.453 e. The minimum absolute atomic E-state index is 0.0157. The summed E-state index contributed by atoms with van der Waals surface area (Å²) in [6, 6.07) is 10.6. The van der Waals surface area contributed by atoms with Crippen LogP contribution in [0.25, 0.3) is 0 Å². The van der Waals surface area contributed by atoms with Gasteiger partial charge in [0.15, 0.2) is 0 Å². The topological polar surface area (TPSA) is 87.7 Å². The van der Waals surface area contributed by atoms with Crippen molar-refractivity contribution in [1.82, 2.24) is 15.1 Å². The molecule has 1 aliphatic carbocycles. The van der Waals surface area contributed by atoms with E-state index in [9.17, 15) is 9.90 Å². The van der Waals surface area contributed by atoms with E-state index >= 15 is 0 Å². The van der Waals surface area contributed by atoms with Crippen molar-refractivity contribution in [3.8, 4) is 0 Å². The number of carbonyl (C=O) groups is 1. The number of piperidine rings is 1. The third-order valence-electron chi connectivity index (χ3n) is 6.91. The van der Waals surface area contributed by atoms with Crippen LogP contribution in [0.5, 0.6) is 0 Å². The van der Waals surface area contributed by atoms with Crippen LogP contribution in [-0.2, 0) is 16.1 Å². The van der Waals surface area contributed by atoms with Gasteiger partial charge in [0.1, 0.15) is 0 Å². The molecular weight excluding hydrogens is 394 g/mol. The first-order chi connectivity index (χ1) is 15.2. The number of aromatic amines is 1. The Morgan fingerprint density at radius 1 is 1.19 bits per heavy atom. The van der Waals surface area contributed by atoms with Gasteiger partial charge in [-0.3, -0.25) is 5.10 Å². The number of likely N-dealkylation sites (tertiary alicyclic amines) is 1. The molecule has 1 aliphatic heterocycles. The van der Waals surface area contributed by atoms with E-state index in [0.29, 0.717) is 19.1 Å². The highest BCUT2D eigenvalue weighted by molar-refractivity contribution is 5.68. The Kier molecular flexibility index (Phi) is 7.25. The molecule has 0 unspecified atom stereocenters. The fraction of sp³-hybridized carbons (Fsp3) is 0.583. The van der Waals surface area contributed by atoms with Crippen molar-refractivity contribution in [2.24, 2.45) is 0 Å². The molecule has 1 amide bonds. The number of aliphatic hydroxyl groups is 1. The molecule has 2 atom stereocenters. The number of H-pyrrole nitrogens is 1. The second-order valence-corrected chi connectivity index (χ2v) is 8.65. The third-order valence-corrected chi connectivity index (χ3v) is 6.91. The molecule has 0 spiro atoms. The van der Waals surface area contributed by atoms with Gasteiger partial charge in [-0.2, -0.15) is 5.10 Å². The Morgan fingerprint density at radius 3 is 2.68 bits per heavy atom. The molecule has 2 fully saturated rings. The molecule has 4 rings (SSSR count). The van der Waals surface area contributed by atoms with Crippen molar-refractivity contribution in [2.75, 3.05) is 20.3 Å². The molecule has 0 bridgehead atoms. The van der Waals surface area contributed by atoms with Crippen molar-refractivity contribution in [2.45, 2.75) is 69.1 Å². The summed E-state index contributed by atoms with van der Waals surface area (Å²) in [5, 5.41) is 17.0. The summed E-state index contributed by atoms with van der Waals surface area (Å²) >= 11 is 0. The highest BCUT2D eigenvalue weighted by Gasteiger charge is 2.38. The number of hydrogen-bond acceptors (Lipinski definition) is 5. The normalized spacial score (nSPS) is 26.6. The van der Waals surface area contributed by atoms with Gasteiger partial charge >= 0.3 is 6.09 Å². The molecule has 1 saturated carbocycles. The van der Waals surface area contributed by atoms with Crippen LogP contribution in [0.1, 0.15) is 67.2 Å². The van der Waals surface area contributed by atoms with E-state index in [4.69, 9.17) is 9.47 Å². The molecule has 2 aromatic rings. The molecule has 2 aliphatic rings. The SMILES string of the molecule is COC(=O)N1CCC[C@@H](c2n[nH]cc2CO)[C@H]1CO[C@H]1CC[C@@H](c2ccccc2)CC1. The lowest BCUT2D eigenvalue weighted by molar-refractivity contribution is -0.0243. The Hall–Kier alpha value is -2.38. The third kappa shape index (κ3) is 4.93. The number of hydrogen-bond donors (Lipinski definition) is 2. The second kappa shape index (κ2) is 10.3. The first kappa shape index (κ1) is 21.8. The molecule has 0 radical (unpaired) electrons. The van der Waals surface area contributed by atoms with Crippen LogP contribution < -0.4 is 0 Å². The first-order valence-electron chi connectivity index (χ1n) is 11.4. The lowest BCUT2D eigenvalue weighted by Crippen LogP contribution is -2.50. The summed E-state index contributed by atoms with van der Waals surface area (Å²) in [5.74, 6) is 0.619. The van der Waals surface area contributed by atoms with E-state index in [1.165, 1.54) is 12.7 Å². The summed E-state index contributed by atoms with van der Waals surface area (Å²) < 4.78 is 11.4. The largest absolute Gasteiger partial charge is 0.453 e. The number of methoxy groups -OCH3 is 1. The number of aliphatic hydroxyl groups excluding tert-OH is 1. The lowest BCUT2D eigenvalue weighted by Gasteiger charge is -2.41. The van der Waals surface area contributed by atoms with Gasteiger partial charge in [0.05, 0.1) is 38.2 Å². The summed E-state index contributed by atoms with van der Waals surface area (Å²) in [7, 11) is 1.42. The van der Waals surface area contributed by atoms with Crippen LogP contribution in [0, 0.1) is 0 Å². The molecule has 1 aromatic carbocycles. The number of nitrogens with zero attached hydrogens (tertiary/aromatic N) is 2. The highest BCUT2D eigenvalue weighted by atomic mass is 16.5. The van der Waals surface area contributed by atoms with E-state index in [2.05, 4.69) is 40.5 Å². The standard InChI is InChI=1S/C24H33N3O4/c1-30-24(29)27-13-5-8-21(23-19(15-28)14-25-26-23)22(27)16-31-20-11-9-18(10-12-20)17-6-3-2-4-7-17/h2-4,6-7,14,18,20-22,28H,5,8-13,15-16H2,1H3,(H,25,26)/t18-,20+,21-,22-/m1/s1. The monoisotopic (exact) mass is 427 g/mol. The van der Waals surface area contributed by atoms with Gasteiger partial charge in [-0.05, 0) is 50.0 Å². The van der Waals surface area contributed by atoms with Crippen LogP contribution in [-0.4, -0.2) is 58.7 Å². The number of rotatable bonds is 6. The van der Waals surface area contributed by atoms with Crippen LogP contribution in [0.4, 0.5) is 4.79 Å². The number of carbonyl (C=O) groups excluding carboxylic acids is 1. The van der Waals surface area contributed by atoms with Gasteiger partial charge in [0.25, 0.3) is 0 Å². The minimum atomic E-state index is -0.327. The van der Waals surface area contributed by atoms with E-state index in [0.717, 1.165) is 49.8 Å². The fourth-order valence-corrected chi connectivity index (χ4v) is 5.22. The van der Waals surface area contributed by atoms with E-state index in [1.807, 2.05) is 0 Å². The maximum absolute atomic E-state index is 12.5. The lowest BCUT2D eigenvalue weighted by atomic mass is 9.82. The zero-order valence-electron chi connectivity index (χ0n) is 18.2. The van der Waals surface area contributed by atoms with Gasteiger partial charge in [-0.1, -0.05) is 30.3 Å². The Labute approximate surface area is 183 Å². The quantitative estimate of drug-likeness (QED) is 0.729. The molecule has 2 heterocycles. The molecule has 7 heteroatoms. The van der Waals surface area contributed by atoms with Crippen LogP contribution in [0.15, 0.2) is 36.5 Å². The molecule has 1 saturated heterocycles. The number of amides is 1. The zero-order chi connectivity index (χ0) is 21.6. The summed E-state index contributed by atoms with van der Waals surface area (Å²) in [6.07, 6.45) is 7.69. The van der Waals surface area contributed by atoms with Crippen LogP contribution in [0.2, 0.25) is 0 Å². The van der Waals surface area contributed by atoms with Gasteiger partial charge in [-0.25, -0.2) is 4.79 Å². The van der Waals surface area contributed by atoms with E-state index in [-0.39, 0.29) is 30.8 Å². The van der Waals surface area contributed by atoms with Crippen molar-refractivity contribution in [3.05, 3.63) is 53.3 Å². The Morgan fingerprint density at radius 2 is 1.97 bits per heavy atom. The smallest absolute Gasteiger partial charge is 0.409 e. The van der Waals surface area contributed by atoms with Gasteiger partial charge < -0.3 is 19.5 Å². The van der Waals surface area contributed by atoms with E-state index in [1.54, 1.807) is 11.1 Å². The predicted octanol–water partition coefficient (Wildman–Crippen LogP) is 3.96. The number of nitrogens with one attached hydrogen (secondary N) is 1. The van der Waals surface area contributed by atoms with Crippen molar-refractivity contribution in [1.29, 1.82) is 0 Å². The maximum atomic E-state index is 12.5. The molecule has 1 aromatic heterocycles. The molecule has 2 N–H and O–H groups in total. The zero-order valence-corrected chi connectivity index (χ0v) is 18.2. The first-order valence-corrected chi connectivity index (χ1v) is 11.4. The average molecular weight is 428 g/mol. The summed E-state index contributed by atoms with van der Waals surface area (Å²) in [6.45, 7) is 1.03. The second-order valence-electron chi connectivity index (χ2n) is 8.65. The number of ether oxygens (including phenoxy) is 2. The van der Waals surface area contributed by atoms with Crippen molar-refractivity contribution < 1.29 is 19.4 Å². The number of benzene rings is 1. The van der Waals surface area contributed by atoms with Gasteiger partial charge in [-0.15, -0.1) is 0 Å². The molecular formula is C24H33N3O4. The number of aromatic nitrogens is 2. The highest BCUT2D eigenvalue weighted by Crippen LogP contribution is 2.37. The van der Waals surface area contributed by atoms with Crippen LogP contribution >= 0.6 is 0 Å². The Bertz CT molecular complexity index is 832. The maximum Gasteiger partial charge on any atom is 0.409 e. The summed E-state index contributed by atoms with van der Waals surface area (Å²) in [4.78, 5) is 14.2. The van der Waals surface area contributed by atoms with Gasteiger partial charge in [0.2, 0.25) is 0 Å². The molecule has 168 valence electrons. The van der Waals surface area contributed by atoms with Crippen molar-refractivity contribution in [3.63, 3.8) is 0 Å². The van der Waals surface area contributed by atoms with E-state index < -0.39 is 0 Å². The van der Waals surface area contributed by atoms with Gasteiger partial charge in [0, 0.05) is 24.2 Å². The predicted molar refractivity (Wildman–Crippen MR) is 117 cm³/mol. The Balaban J connectivity index is 1.41. The van der Waals surface area contributed by atoms with Crippen molar-refractivity contribution >= 4 is 6.09 Å².